The Kier molecular flexibility index (Phi) is 5.40. The van der Waals surface area contributed by atoms with Crippen LogP contribution in [0.25, 0.3) is 0 Å². The van der Waals surface area contributed by atoms with E-state index in [0.29, 0.717) is 47.5 Å². The summed E-state index contributed by atoms with van der Waals surface area (Å²) < 4.78 is 15.5. The summed E-state index contributed by atoms with van der Waals surface area (Å²) in [5.74, 6) is 1.16. The molecule has 9 nitrogen and oxygen atoms in total. The molecular weight excluding hydrogens is 408 g/mol. The summed E-state index contributed by atoms with van der Waals surface area (Å²) in [5, 5.41) is 6.93. The molecule has 0 radical (unpaired) electrons. The second-order valence-electron chi connectivity index (χ2n) is 6.71. The number of thiazole rings is 1. The molecule has 4 rings (SSSR count). The van der Waals surface area contributed by atoms with Crippen LogP contribution in [0, 0.1) is 6.92 Å². The van der Waals surface area contributed by atoms with Crippen LogP contribution in [0.1, 0.15) is 37.2 Å². The Hall–Kier alpha value is -3.40. The first-order chi connectivity index (χ1) is 14.5. The van der Waals surface area contributed by atoms with Crippen molar-refractivity contribution in [3.8, 4) is 11.5 Å². The van der Waals surface area contributed by atoms with E-state index < -0.39 is 0 Å². The van der Waals surface area contributed by atoms with Gasteiger partial charge in [0.25, 0.3) is 11.8 Å². The van der Waals surface area contributed by atoms with E-state index in [1.54, 1.807) is 43.2 Å². The van der Waals surface area contributed by atoms with E-state index in [4.69, 9.17) is 14.0 Å². The van der Waals surface area contributed by atoms with Crippen molar-refractivity contribution in [1.82, 2.24) is 15.0 Å². The molecule has 156 valence electrons. The van der Waals surface area contributed by atoms with Crippen LogP contribution >= 0.6 is 11.3 Å². The standard InChI is InChI=1S/C20H20N4O5S/c1-11-8-14(23-29-11)18(25)22-20-21-13-6-7-24(10-17(13)30-20)19(26)12-4-5-15(27-2)16(9-12)28-3/h4-5,8-9H,6-7,10H2,1-3H3,(H,21,22,25). The van der Waals surface area contributed by atoms with Gasteiger partial charge < -0.3 is 18.9 Å². The molecule has 0 fully saturated rings. The van der Waals surface area contributed by atoms with Gasteiger partial charge in [0.15, 0.2) is 22.3 Å². The van der Waals surface area contributed by atoms with E-state index in [2.05, 4.69) is 15.5 Å². The Morgan fingerprint density at radius 2 is 2.00 bits per heavy atom. The molecule has 1 aliphatic heterocycles. The lowest BCUT2D eigenvalue weighted by Gasteiger charge is -2.26. The number of nitrogens with zero attached hydrogens (tertiary/aromatic N) is 3. The highest BCUT2D eigenvalue weighted by molar-refractivity contribution is 7.15. The minimum absolute atomic E-state index is 0.0985. The first kappa shape index (κ1) is 19.9. The molecule has 0 atom stereocenters. The first-order valence-corrected chi connectivity index (χ1v) is 10.0. The molecule has 0 spiro atoms. The minimum Gasteiger partial charge on any atom is -0.493 e. The molecule has 2 aromatic heterocycles. The number of ether oxygens (including phenoxy) is 2. The van der Waals surface area contributed by atoms with Crippen molar-refractivity contribution < 1.29 is 23.6 Å². The monoisotopic (exact) mass is 428 g/mol. The topological polar surface area (TPSA) is 107 Å². The number of nitrogens with one attached hydrogen (secondary N) is 1. The Labute approximate surface area is 176 Å². The molecule has 2 amide bonds. The lowest BCUT2D eigenvalue weighted by atomic mass is 10.1. The predicted octanol–water partition coefficient (Wildman–Crippen LogP) is 2.91. The van der Waals surface area contributed by atoms with E-state index >= 15 is 0 Å². The van der Waals surface area contributed by atoms with Crippen molar-refractivity contribution in [2.24, 2.45) is 0 Å². The normalized spacial score (nSPS) is 13.0. The molecule has 0 aliphatic carbocycles. The molecule has 1 aromatic carbocycles. The third-order valence-corrected chi connectivity index (χ3v) is 5.73. The van der Waals surface area contributed by atoms with Crippen LogP contribution < -0.4 is 14.8 Å². The van der Waals surface area contributed by atoms with E-state index in [-0.39, 0.29) is 17.5 Å². The highest BCUT2D eigenvalue weighted by Gasteiger charge is 2.26. The Bertz CT molecular complexity index is 1110. The van der Waals surface area contributed by atoms with Gasteiger partial charge in [-0.1, -0.05) is 16.5 Å². The molecule has 1 aliphatic rings. The Morgan fingerprint density at radius 3 is 2.70 bits per heavy atom. The van der Waals surface area contributed by atoms with Crippen molar-refractivity contribution in [3.63, 3.8) is 0 Å². The number of benzene rings is 1. The molecule has 0 bridgehead atoms. The summed E-state index contributed by atoms with van der Waals surface area (Å²) in [7, 11) is 3.09. The fourth-order valence-corrected chi connectivity index (χ4v) is 4.23. The highest BCUT2D eigenvalue weighted by Crippen LogP contribution is 2.31. The minimum atomic E-state index is -0.379. The zero-order valence-electron chi connectivity index (χ0n) is 16.7. The van der Waals surface area contributed by atoms with Gasteiger partial charge in [0.1, 0.15) is 5.76 Å². The van der Waals surface area contributed by atoms with Gasteiger partial charge in [-0.2, -0.15) is 0 Å². The molecular formula is C20H20N4O5S. The molecule has 0 saturated carbocycles. The second-order valence-corrected chi connectivity index (χ2v) is 7.80. The number of rotatable bonds is 5. The zero-order chi connectivity index (χ0) is 21.3. The predicted molar refractivity (Wildman–Crippen MR) is 109 cm³/mol. The molecule has 10 heteroatoms. The number of methoxy groups -OCH3 is 2. The van der Waals surface area contributed by atoms with Crippen LogP contribution in [0.4, 0.5) is 5.13 Å². The maximum absolute atomic E-state index is 13.0. The van der Waals surface area contributed by atoms with E-state index in [0.717, 1.165) is 10.6 Å². The Morgan fingerprint density at radius 1 is 1.20 bits per heavy atom. The highest BCUT2D eigenvalue weighted by atomic mass is 32.1. The summed E-state index contributed by atoms with van der Waals surface area (Å²) in [5.41, 5.74) is 1.62. The fraction of sp³-hybridized carbons (Fsp3) is 0.300. The van der Waals surface area contributed by atoms with Gasteiger partial charge in [0.05, 0.1) is 26.5 Å². The summed E-state index contributed by atoms with van der Waals surface area (Å²) >= 11 is 1.36. The number of carbonyl (C=O) groups excluding carboxylic acids is 2. The number of fused-ring (bicyclic) bond motifs is 1. The average molecular weight is 428 g/mol. The maximum Gasteiger partial charge on any atom is 0.279 e. The summed E-state index contributed by atoms with van der Waals surface area (Å²) in [4.78, 5) is 32.4. The van der Waals surface area contributed by atoms with Gasteiger partial charge in [0, 0.05) is 29.5 Å². The largest absolute Gasteiger partial charge is 0.493 e. The molecule has 0 unspecified atom stereocenters. The number of anilines is 1. The molecule has 3 aromatic rings. The number of aromatic nitrogens is 2. The fourth-order valence-electron chi connectivity index (χ4n) is 3.21. The number of carbonyl (C=O) groups is 2. The van der Waals surface area contributed by atoms with Gasteiger partial charge in [0.2, 0.25) is 0 Å². The summed E-state index contributed by atoms with van der Waals surface area (Å²) in [6.45, 7) is 2.69. The molecule has 0 saturated heterocycles. The van der Waals surface area contributed by atoms with Gasteiger partial charge in [-0.25, -0.2) is 4.98 Å². The lowest BCUT2D eigenvalue weighted by molar-refractivity contribution is 0.0735. The third kappa shape index (κ3) is 3.86. The zero-order valence-corrected chi connectivity index (χ0v) is 17.5. The van der Waals surface area contributed by atoms with Crippen molar-refractivity contribution >= 4 is 28.3 Å². The van der Waals surface area contributed by atoms with Gasteiger partial charge in [-0.3, -0.25) is 14.9 Å². The Balaban J connectivity index is 1.47. The van der Waals surface area contributed by atoms with Gasteiger partial charge in [-0.05, 0) is 25.1 Å². The molecule has 3 heterocycles. The van der Waals surface area contributed by atoms with Crippen LogP contribution in [-0.4, -0.2) is 47.6 Å². The summed E-state index contributed by atoms with van der Waals surface area (Å²) in [6, 6.07) is 6.67. The molecule has 1 N–H and O–H groups in total. The molecule has 30 heavy (non-hydrogen) atoms. The number of hydrogen-bond donors (Lipinski definition) is 1. The first-order valence-electron chi connectivity index (χ1n) is 9.23. The van der Waals surface area contributed by atoms with Gasteiger partial charge >= 0.3 is 0 Å². The van der Waals surface area contributed by atoms with Crippen LogP contribution in [-0.2, 0) is 13.0 Å². The van der Waals surface area contributed by atoms with Crippen molar-refractivity contribution in [2.45, 2.75) is 19.9 Å². The van der Waals surface area contributed by atoms with E-state index in [1.807, 2.05) is 0 Å². The lowest BCUT2D eigenvalue weighted by Crippen LogP contribution is -2.35. The smallest absolute Gasteiger partial charge is 0.279 e. The van der Waals surface area contributed by atoms with Crippen molar-refractivity contribution in [1.29, 1.82) is 0 Å². The SMILES string of the molecule is COc1ccc(C(=O)N2CCc3nc(NC(=O)c4cc(C)on4)sc3C2)cc1OC. The number of hydrogen-bond acceptors (Lipinski definition) is 8. The number of amides is 2. The maximum atomic E-state index is 13.0. The van der Waals surface area contributed by atoms with Crippen molar-refractivity contribution in [2.75, 3.05) is 26.1 Å². The van der Waals surface area contributed by atoms with E-state index in [9.17, 15) is 9.59 Å². The number of aryl methyl sites for hydroxylation is 1. The summed E-state index contributed by atoms with van der Waals surface area (Å²) in [6.07, 6.45) is 0.615. The van der Waals surface area contributed by atoms with Crippen LogP contribution in [0.3, 0.4) is 0 Å². The van der Waals surface area contributed by atoms with Gasteiger partial charge in [-0.15, -0.1) is 0 Å². The van der Waals surface area contributed by atoms with Crippen LogP contribution in [0.5, 0.6) is 11.5 Å². The quantitative estimate of drug-likeness (QED) is 0.666. The third-order valence-electron chi connectivity index (χ3n) is 4.73. The van der Waals surface area contributed by atoms with E-state index in [1.165, 1.54) is 18.4 Å². The van der Waals surface area contributed by atoms with Crippen LogP contribution in [0.2, 0.25) is 0 Å². The van der Waals surface area contributed by atoms with Crippen molar-refractivity contribution in [3.05, 3.63) is 51.9 Å². The average Bonchev–Trinajstić information content (AvgIpc) is 3.37. The second kappa shape index (κ2) is 8.15. The van der Waals surface area contributed by atoms with Crippen LogP contribution in [0.15, 0.2) is 28.8 Å².